The van der Waals surface area contributed by atoms with Gasteiger partial charge in [0, 0.05) is 6.54 Å². The summed E-state index contributed by atoms with van der Waals surface area (Å²) >= 11 is 0. The summed E-state index contributed by atoms with van der Waals surface area (Å²) in [4.78, 5) is 10.7. The molecule has 0 spiro atoms. The molecule has 0 saturated heterocycles. The third-order valence-electron chi connectivity index (χ3n) is 2.87. The van der Waals surface area contributed by atoms with Crippen LogP contribution in [0.25, 0.3) is 0 Å². The van der Waals surface area contributed by atoms with Gasteiger partial charge in [-0.05, 0) is 31.5 Å². The summed E-state index contributed by atoms with van der Waals surface area (Å²) < 4.78 is 19.1. The topological polar surface area (TPSA) is 85.3 Å². The summed E-state index contributed by atoms with van der Waals surface area (Å²) in [5.41, 5.74) is 1.81. The minimum atomic E-state index is -1.42. The van der Waals surface area contributed by atoms with Gasteiger partial charge in [0.25, 0.3) is 0 Å². The van der Waals surface area contributed by atoms with Crippen molar-refractivity contribution in [3.05, 3.63) is 35.3 Å². The van der Waals surface area contributed by atoms with E-state index < -0.39 is 16.8 Å². The van der Waals surface area contributed by atoms with Crippen LogP contribution in [-0.4, -0.2) is 25.1 Å². The van der Waals surface area contributed by atoms with Crippen LogP contribution in [0.1, 0.15) is 35.8 Å². The maximum Gasteiger partial charge on any atom is 0.371 e. The maximum atomic E-state index is 12.2. The van der Waals surface area contributed by atoms with Crippen molar-refractivity contribution >= 4 is 16.8 Å². The molecule has 1 atom stereocenters. The molecule has 7 heteroatoms. The maximum absolute atomic E-state index is 12.2. The average Bonchev–Trinajstić information content (AvgIpc) is 3.04. The Morgan fingerprint density at radius 2 is 2.20 bits per heavy atom. The van der Waals surface area contributed by atoms with Gasteiger partial charge in [-0.25, -0.2) is 4.79 Å². The van der Waals surface area contributed by atoms with Gasteiger partial charge in [-0.1, -0.05) is 6.92 Å². The predicted octanol–water partition coefficient (Wildman–Crippen LogP) is 2.06. The molecule has 108 valence electrons. The van der Waals surface area contributed by atoms with Crippen molar-refractivity contribution in [2.24, 2.45) is 0 Å². The van der Waals surface area contributed by atoms with E-state index in [1.54, 1.807) is 4.68 Å². The van der Waals surface area contributed by atoms with Crippen molar-refractivity contribution in [1.82, 2.24) is 9.78 Å². The fraction of sp³-hybridized carbons (Fsp3) is 0.385. The number of aromatic carboxylic acids is 1. The Kier molecular flexibility index (Phi) is 4.39. The first-order valence-corrected chi connectivity index (χ1v) is 7.64. The fourth-order valence-electron chi connectivity index (χ4n) is 1.84. The van der Waals surface area contributed by atoms with Gasteiger partial charge in [0.1, 0.15) is 0 Å². The molecule has 0 fully saturated rings. The molecule has 2 heterocycles. The Hall–Kier alpha value is -1.89. The quantitative estimate of drug-likeness (QED) is 0.882. The number of hydrogen-bond acceptors (Lipinski definition) is 4. The third kappa shape index (κ3) is 2.98. The lowest BCUT2D eigenvalue weighted by Gasteiger charge is -2.02. The second kappa shape index (κ2) is 6.04. The first kappa shape index (κ1) is 14.5. The summed E-state index contributed by atoms with van der Waals surface area (Å²) in [5, 5.41) is 13.3. The molecule has 1 unspecified atom stereocenters. The SMILES string of the molecule is CCc1cc(CS(=O)c2ccc(C(=O)O)o2)n(CC)n1. The number of carbonyl (C=O) groups is 1. The highest BCUT2D eigenvalue weighted by Crippen LogP contribution is 2.17. The van der Waals surface area contributed by atoms with Crippen LogP contribution in [0.2, 0.25) is 0 Å². The largest absolute Gasteiger partial charge is 0.475 e. The van der Waals surface area contributed by atoms with Gasteiger partial charge < -0.3 is 9.52 Å². The van der Waals surface area contributed by atoms with Crippen LogP contribution in [0.3, 0.4) is 0 Å². The highest BCUT2D eigenvalue weighted by molar-refractivity contribution is 7.84. The van der Waals surface area contributed by atoms with E-state index in [0.717, 1.165) is 17.8 Å². The van der Waals surface area contributed by atoms with Crippen LogP contribution in [0.15, 0.2) is 27.7 Å². The molecule has 20 heavy (non-hydrogen) atoms. The summed E-state index contributed by atoms with van der Waals surface area (Å²) in [7, 11) is -1.42. The lowest BCUT2D eigenvalue weighted by atomic mass is 10.3. The van der Waals surface area contributed by atoms with Gasteiger partial charge in [0.05, 0.1) is 27.9 Å². The number of carboxylic acids is 1. The van der Waals surface area contributed by atoms with Crippen LogP contribution in [0, 0.1) is 0 Å². The zero-order valence-corrected chi connectivity index (χ0v) is 12.1. The van der Waals surface area contributed by atoms with E-state index in [1.807, 2.05) is 19.9 Å². The highest BCUT2D eigenvalue weighted by Gasteiger charge is 2.16. The van der Waals surface area contributed by atoms with E-state index in [-0.39, 0.29) is 16.6 Å². The predicted molar refractivity (Wildman–Crippen MR) is 73.1 cm³/mol. The van der Waals surface area contributed by atoms with Gasteiger partial charge >= 0.3 is 5.97 Å². The molecule has 0 aliphatic carbocycles. The molecule has 2 rings (SSSR count). The first-order chi connectivity index (χ1) is 9.55. The zero-order chi connectivity index (χ0) is 14.7. The molecule has 0 bridgehead atoms. The zero-order valence-electron chi connectivity index (χ0n) is 11.3. The van der Waals surface area contributed by atoms with Crippen LogP contribution < -0.4 is 0 Å². The second-order valence-corrected chi connectivity index (χ2v) is 5.59. The van der Waals surface area contributed by atoms with E-state index in [9.17, 15) is 9.00 Å². The van der Waals surface area contributed by atoms with Crippen molar-refractivity contribution in [2.75, 3.05) is 0 Å². The minimum absolute atomic E-state index is 0.171. The van der Waals surface area contributed by atoms with E-state index in [2.05, 4.69) is 5.10 Å². The van der Waals surface area contributed by atoms with Gasteiger partial charge in [0.15, 0.2) is 5.09 Å². The highest BCUT2D eigenvalue weighted by atomic mass is 32.2. The molecular weight excluding hydrogens is 280 g/mol. The number of rotatable bonds is 6. The summed E-state index contributed by atoms with van der Waals surface area (Å²) in [5.74, 6) is -1.11. The Morgan fingerprint density at radius 3 is 2.75 bits per heavy atom. The monoisotopic (exact) mass is 296 g/mol. The molecule has 1 N–H and O–H groups in total. The Morgan fingerprint density at radius 1 is 1.45 bits per heavy atom. The van der Waals surface area contributed by atoms with Gasteiger partial charge in [-0.2, -0.15) is 5.10 Å². The molecule has 0 aliphatic rings. The number of aromatic nitrogens is 2. The normalized spacial score (nSPS) is 12.5. The van der Waals surface area contributed by atoms with Gasteiger partial charge in [0.2, 0.25) is 5.76 Å². The van der Waals surface area contributed by atoms with Crippen LogP contribution in [0.5, 0.6) is 0 Å². The summed E-state index contributed by atoms with van der Waals surface area (Å²) in [6.07, 6.45) is 0.816. The van der Waals surface area contributed by atoms with Crippen LogP contribution in [0.4, 0.5) is 0 Å². The Balaban J connectivity index is 2.18. The van der Waals surface area contributed by atoms with Crippen LogP contribution in [-0.2, 0) is 29.5 Å². The molecule has 2 aromatic heterocycles. The van der Waals surface area contributed by atoms with Crippen molar-refractivity contribution in [1.29, 1.82) is 0 Å². The summed E-state index contributed by atoms with van der Waals surface area (Å²) in [6.45, 7) is 4.67. The molecule has 0 radical (unpaired) electrons. The standard InChI is InChI=1S/C13H16N2O4S/c1-3-9-7-10(15(4-2)14-9)8-20(18)12-6-5-11(19-12)13(16)17/h5-7H,3-4,8H2,1-2H3,(H,16,17). The number of nitrogens with zero attached hydrogens (tertiary/aromatic N) is 2. The third-order valence-corrected chi connectivity index (χ3v) is 4.10. The number of aryl methyl sites for hydroxylation is 2. The van der Waals surface area contributed by atoms with Crippen molar-refractivity contribution in [3.8, 4) is 0 Å². The minimum Gasteiger partial charge on any atom is -0.475 e. The van der Waals surface area contributed by atoms with Crippen molar-refractivity contribution < 1.29 is 18.5 Å². The summed E-state index contributed by atoms with van der Waals surface area (Å²) in [6, 6.07) is 4.67. The van der Waals surface area contributed by atoms with E-state index in [1.165, 1.54) is 12.1 Å². The smallest absolute Gasteiger partial charge is 0.371 e. The molecule has 0 aliphatic heterocycles. The van der Waals surface area contributed by atoms with Crippen molar-refractivity contribution in [2.45, 2.75) is 37.7 Å². The molecule has 2 aromatic rings. The van der Waals surface area contributed by atoms with E-state index >= 15 is 0 Å². The first-order valence-electron chi connectivity index (χ1n) is 6.32. The molecule has 6 nitrogen and oxygen atoms in total. The Bertz CT molecular complexity index is 645. The Labute approximate surface area is 118 Å². The van der Waals surface area contributed by atoms with E-state index in [0.29, 0.717) is 6.54 Å². The number of furan rings is 1. The lowest BCUT2D eigenvalue weighted by Crippen LogP contribution is -2.05. The van der Waals surface area contributed by atoms with E-state index in [4.69, 9.17) is 9.52 Å². The van der Waals surface area contributed by atoms with Gasteiger partial charge in [-0.15, -0.1) is 0 Å². The molecule has 0 amide bonds. The molecule has 0 saturated carbocycles. The fourth-order valence-corrected chi connectivity index (χ4v) is 2.89. The number of carboxylic acid groups (broad SMARTS) is 1. The molecule has 0 aromatic carbocycles. The lowest BCUT2D eigenvalue weighted by molar-refractivity contribution is 0.0656. The van der Waals surface area contributed by atoms with Crippen LogP contribution >= 0.6 is 0 Å². The number of hydrogen-bond donors (Lipinski definition) is 1. The molecular formula is C13H16N2O4S. The average molecular weight is 296 g/mol. The van der Waals surface area contributed by atoms with Gasteiger partial charge in [-0.3, -0.25) is 8.89 Å². The second-order valence-electron chi connectivity index (χ2n) is 4.21. The van der Waals surface area contributed by atoms with Crippen molar-refractivity contribution in [3.63, 3.8) is 0 Å².